The van der Waals surface area contributed by atoms with Gasteiger partial charge in [0, 0.05) is 0 Å². The van der Waals surface area contributed by atoms with Crippen LogP contribution in [0.1, 0.15) is 37.5 Å². The normalized spacial score (nSPS) is 11.7. The molecule has 0 saturated heterocycles. The van der Waals surface area contributed by atoms with Crippen molar-refractivity contribution in [2.75, 3.05) is 6.73 Å². The van der Waals surface area contributed by atoms with E-state index < -0.39 is 28.5 Å². The Labute approximate surface area is 207 Å². The number of amides is 1. The van der Waals surface area contributed by atoms with Gasteiger partial charge in [0.1, 0.15) is 12.3 Å². The van der Waals surface area contributed by atoms with Gasteiger partial charge in [-0.15, -0.1) is 0 Å². The van der Waals surface area contributed by atoms with Gasteiger partial charge in [0.05, 0.1) is 24.7 Å². The number of carbonyl (C=O) groups excluding carboxylic acids is 1. The summed E-state index contributed by atoms with van der Waals surface area (Å²) in [6.07, 6.45) is -0.675. The zero-order valence-electron chi connectivity index (χ0n) is 20.2. The second kappa shape index (κ2) is 12.0. The molecule has 0 bridgehead atoms. The lowest BCUT2D eigenvalue weighted by atomic mass is 10.1. The first kappa shape index (κ1) is 26.4. The van der Waals surface area contributed by atoms with Gasteiger partial charge in [0.2, 0.25) is 0 Å². The van der Waals surface area contributed by atoms with E-state index in [0.717, 1.165) is 16.7 Å². The molecule has 0 spiro atoms. The van der Waals surface area contributed by atoms with Crippen molar-refractivity contribution in [2.45, 2.75) is 51.0 Å². The largest absolute Gasteiger partial charge is 0.444 e. The minimum Gasteiger partial charge on any atom is -0.444 e. The highest BCUT2D eigenvalue weighted by molar-refractivity contribution is 7.86. The van der Waals surface area contributed by atoms with Crippen LogP contribution in [-0.2, 0) is 43.5 Å². The highest BCUT2D eigenvalue weighted by Gasteiger charge is 2.25. The molecule has 0 radical (unpaired) electrons. The Balaban J connectivity index is 1.68. The van der Waals surface area contributed by atoms with E-state index in [9.17, 15) is 13.2 Å². The number of hydrogen-bond acceptors (Lipinski definition) is 6. The summed E-state index contributed by atoms with van der Waals surface area (Å²) in [5.74, 6) is 0. The van der Waals surface area contributed by atoms with E-state index in [1.54, 1.807) is 39.0 Å². The van der Waals surface area contributed by atoms with Gasteiger partial charge in [-0.05, 0) is 49.6 Å². The molecule has 7 nitrogen and oxygen atoms in total. The second-order valence-electron chi connectivity index (χ2n) is 8.99. The number of nitrogens with zero attached hydrogens (tertiary/aromatic N) is 1. The molecule has 0 heterocycles. The lowest BCUT2D eigenvalue weighted by Gasteiger charge is -2.27. The highest BCUT2D eigenvalue weighted by Crippen LogP contribution is 2.17. The number of carbonyl (C=O) groups is 1. The molecule has 0 saturated carbocycles. The van der Waals surface area contributed by atoms with E-state index in [2.05, 4.69) is 0 Å². The molecule has 1 amide bonds. The number of rotatable bonds is 10. The highest BCUT2D eigenvalue weighted by atomic mass is 32.2. The van der Waals surface area contributed by atoms with Crippen LogP contribution in [0.4, 0.5) is 4.79 Å². The van der Waals surface area contributed by atoms with Crippen LogP contribution in [0.15, 0.2) is 89.8 Å². The van der Waals surface area contributed by atoms with E-state index in [1.165, 1.54) is 17.0 Å². The van der Waals surface area contributed by atoms with Gasteiger partial charge in [0.25, 0.3) is 10.1 Å². The molecule has 0 unspecified atom stereocenters. The molecule has 3 aromatic carbocycles. The summed E-state index contributed by atoms with van der Waals surface area (Å²) in [4.78, 5) is 14.1. The lowest BCUT2D eigenvalue weighted by Crippen LogP contribution is -2.38. The van der Waals surface area contributed by atoms with Crippen molar-refractivity contribution in [3.8, 4) is 0 Å². The first-order chi connectivity index (χ1) is 16.6. The summed E-state index contributed by atoms with van der Waals surface area (Å²) in [7, 11) is -4.04. The fourth-order valence-corrected chi connectivity index (χ4v) is 4.07. The van der Waals surface area contributed by atoms with Crippen molar-refractivity contribution < 1.29 is 26.9 Å². The van der Waals surface area contributed by atoms with Crippen LogP contribution in [0.3, 0.4) is 0 Å². The van der Waals surface area contributed by atoms with Crippen LogP contribution < -0.4 is 0 Å². The monoisotopic (exact) mass is 497 g/mol. The third kappa shape index (κ3) is 8.83. The van der Waals surface area contributed by atoms with E-state index in [-0.39, 0.29) is 11.4 Å². The Bertz CT molecular complexity index is 1190. The quantitative estimate of drug-likeness (QED) is 0.272. The van der Waals surface area contributed by atoms with Gasteiger partial charge in [-0.3, -0.25) is 4.90 Å². The predicted octanol–water partition coefficient (Wildman–Crippen LogP) is 5.50. The average Bonchev–Trinajstić information content (AvgIpc) is 2.82. The first-order valence-electron chi connectivity index (χ1n) is 11.2. The minimum absolute atomic E-state index is 0.0155. The Morgan fingerprint density at radius 3 is 2.03 bits per heavy atom. The predicted molar refractivity (Wildman–Crippen MR) is 133 cm³/mol. The summed E-state index contributed by atoms with van der Waals surface area (Å²) in [5.41, 5.74) is 2.05. The van der Waals surface area contributed by atoms with Gasteiger partial charge in [-0.1, -0.05) is 72.8 Å². The number of ether oxygens (including phenoxy) is 2. The molecule has 0 N–H and O–H groups in total. The summed E-state index contributed by atoms with van der Waals surface area (Å²) >= 11 is 0. The van der Waals surface area contributed by atoms with Crippen LogP contribution in [-0.4, -0.2) is 31.7 Å². The molecule has 0 aliphatic heterocycles. The zero-order chi connectivity index (χ0) is 25.3. The van der Waals surface area contributed by atoms with Crippen LogP contribution >= 0.6 is 0 Å². The van der Waals surface area contributed by atoms with Crippen LogP contribution in [0.25, 0.3) is 0 Å². The maximum Gasteiger partial charge on any atom is 0.412 e. The first-order valence-corrected chi connectivity index (χ1v) is 12.7. The Hall–Kier alpha value is -3.20. The summed E-state index contributed by atoms with van der Waals surface area (Å²) in [5, 5.41) is 0. The van der Waals surface area contributed by atoms with Crippen molar-refractivity contribution in [1.82, 2.24) is 4.90 Å². The maximum atomic E-state index is 12.8. The van der Waals surface area contributed by atoms with E-state index >= 15 is 0 Å². The number of hydrogen-bond donors (Lipinski definition) is 0. The van der Waals surface area contributed by atoms with Crippen LogP contribution in [0, 0.1) is 0 Å². The second-order valence-corrected chi connectivity index (χ2v) is 10.6. The van der Waals surface area contributed by atoms with E-state index in [4.69, 9.17) is 13.7 Å². The van der Waals surface area contributed by atoms with Crippen LogP contribution in [0.5, 0.6) is 0 Å². The lowest BCUT2D eigenvalue weighted by molar-refractivity contribution is 0.00859. The van der Waals surface area contributed by atoms with Crippen LogP contribution in [0.2, 0.25) is 0 Å². The number of benzene rings is 3. The molecule has 35 heavy (non-hydrogen) atoms. The van der Waals surface area contributed by atoms with Crippen molar-refractivity contribution in [1.29, 1.82) is 0 Å². The molecule has 0 aliphatic rings. The average molecular weight is 498 g/mol. The minimum atomic E-state index is -4.04. The van der Waals surface area contributed by atoms with Gasteiger partial charge >= 0.3 is 6.09 Å². The third-order valence-corrected chi connectivity index (χ3v) is 6.06. The molecular formula is C27H31NO6S. The molecule has 0 atom stereocenters. The SMILES string of the molecule is CC(C)(C)OC(=O)N(COS(=O)(=O)c1ccccc1)Cc1cccc(COCc2ccccc2)c1. The molecule has 3 aromatic rings. The maximum absolute atomic E-state index is 12.8. The molecule has 0 fully saturated rings. The Kier molecular flexibility index (Phi) is 9.03. The van der Waals surface area contributed by atoms with Gasteiger partial charge in [-0.2, -0.15) is 8.42 Å². The fraction of sp³-hybridized carbons (Fsp3) is 0.296. The van der Waals surface area contributed by atoms with Crippen molar-refractivity contribution in [3.05, 3.63) is 102 Å². The standard InChI is InChI=1S/C27H31NO6S/c1-27(2,3)34-26(29)28(21-33-35(30,31)25-15-8-5-9-16-25)18-23-13-10-14-24(17-23)20-32-19-22-11-6-4-7-12-22/h4-17H,18-21H2,1-3H3. The molecular weight excluding hydrogens is 466 g/mol. The van der Waals surface area contributed by atoms with Crippen molar-refractivity contribution >= 4 is 16.2 Å². The Morgan fingerprint density at radius 1 is 0.800 bits per heavy atom. The van der Waals surface area contributed by atoms with E-state index in [1.807, 2.05) is 54.6 Å². The van der Waals surface area contributed by atoms with Gasteiger partial charge in [-0.25, -0.2) is 8.98 Å². The van der Waals surface area contributed by atoms with Crippen molar-refractivity contribution in [2.24, 2.45) is 0 Å². The smallest absolute Gasteiger partial charge is 0.412 e. The summed E-state index contributed by atoms with van der Waals surface area (Å²) in [6, 6.07) is 25.2. The summed E-state index contributed by atoms with van der Waals surface area (Å²) in [6.45, 7) is 5.74. The molecule has 186 valence electrons. The molecule has 3 rings (SSSR count). The molecule has 0 aromatic heterocycles. The van der Waals surface area contributed by atoms with Gasteiger partial charge < -0.3 is 9.47 Å². The topological polar surface area (TPSA) is 82.1 Å². The van der Waals surface area contributed by atoms with E-state index in [0.29, 0.717) is 13.2 Å². The Morgan fingerprint density at radius 2 is 1.37 bits per heavy atom. The zero-order valence-corrected chi connectivity index (χ0v) is 21.0. The fourth-order valence-electron chi connectivity index (χ4n) is 3.18. The van der Waals surface area contributed by atoms with Gasteiger partial charge in [0.15, 0.2) is 0 Å². The molecule has 0 aliphatic carbocycles. The third-order valence-electron chi connectivity index (χ3n) is 4.79. The molecule has 8 heteroatoms. The van der Waals surface area contributed by atoms with Crippen molar-refractivity contribution in [3.63, 3.8) is 0 Å². The summed E-state index contributed by atoms with van der Waals surface area (Å²) < 4.78 is 41.6.